The summed E-state index contributed by atoms with van der Waals surface area (Å²) in [5.74, 6) is -4.83. The van der Waals surface area contributed by atoms with Crippen LogP contribution < -0.4 is 14.0 Å². The summed E-state index contributed by atoms with van der Waals surface area (Å²) in [5, 5.41) is 0. The summed E-state index contributed by atoms with van der Waals surface area (Å²) in [6, 6.07) is -1.78. The van der Waals surface area contributed by atoms with Crippen molar-refractivity contribution in [2.24, 2.45) is 0 Å². The van der Waals surface area contributed by atoms with E-state index in [1.54, 1.807) is 13.8 Å². The molecule has 25 heteroatoms. The van der Waals surface area contributed by atoms with Crippen molar-refractivity contribution in [1.82, 2.24) is 0 Å². The highest BCUT2D eigenvalue weighted by molar-refractivity contribution is 6.39. The number of rotatable bonds is 27. The molecule has 0 saturated heterocycles. The molecule has 2 unspecified atom stereocenters. The topological polar surface area (TPSA) is 46.2 Å². The van der Waals surface area contributed by atoms with Crippen LogP contribution in [0, 0.1) is 0 Å². The first-order chi connectivity index (χ1) is 33.6. The van der Waals surface area contributed by atoms with Gasteiger partial charge >= 0.3 is 44.4 Å². The number of benzene rings is 3. The number of quaternary nitrogens is 1. The predicted octanol–water partition coefficient (Wildman–Crippen LogP) is 17.5. The zero-order chi connectivity index (χ0) is 55.4. The molecule has 0 aliphatic rings. The Morgan fingerprint density at radius 2 is 0.808 bits per heavy atom. The van der Waals surface area contributed by atoms with E-state index in [1.165, 1.54) is 6.92 Å². The van der Waals surface area contributed by atoms with E-state index in [2.05, 4.69) is 0 Å². The van der Waals surface area contributed by atoms with Crippen LogP contribution in [-0.4, -0.2) is 44.3 Å². The molecule has 6 nitrogen and oxygen atoms in total. The molecule has 73 heavy (non-hydrogen) atoms. The molecule has 3 aromatic carbocycles. The third-order valence-electron chi connectivity index (χ3n) is 12.0. The summed E-state index contributed by atoms with van der Waals surface area (Å²) < 4.78 is 290. The molecule has 3 rings (SSSR count). The van der Waals surface area contributed by atoms with Crippen molar-refractivity contribution in [2.75, 3.05) is 26.3 Å². The van der Waals surface area contributed by atoms with Gasteiger partial charge in [-0.25, -0.2) is 0 Å². The summed E-state index contributed by atoms with van der Waals surface area (Å²) >= 11 is 0. The first-order valence-corrected chi connectivity index (χ1v) is 23.6. The molecule has 3 aromatic rings. The van der Waals surface area contributed by atoms with E-state index in [1.807, 2.05) is 13.8 Å². The number of halogens is 18. The molecule has 0 radical (unpaired) electrons. The minimum absolute atomic E-state index is 0.00322. The lowest BCUT2D eigenvalue weighted by Gasteiger charge is -2.55. The molecule has 414 valence electrons. The molecule has 0 fully saturated rings. The van der Waals surface area contributed by atoms with E-state index < -0.39 is 136 Å². The largest absolute Gasteiger partial charge is 0.864 e. The van der Waals surface area contributed by atoms with Crippen molar-refractivity contribution < 1.29 is 107 Å². The average Bonchev–Trinajstić information content (AvgIpc) is 3.26. The fraction of sp³-hybridized carbons (Fsp3) is 0.625. The second-order valence-electron chi connectivity index (χ2n) is 17.6. The van der Waals surface area contributed by atoms with Gasteiger partial charge in [0.15, 0.2) is 6.23 Å². The maximum absolute atomic E-state index is 15.9. The van der Waals surface area contributed by atoms with Gasteiger partial charge in [-0.05, 0) is 87.1 Å². The van der Waals surface area contributed by atoms with Gasteiger partial charge < -0.3 is 23.4 Å². The predicted molar refractivity (Wildman–Crippen MR) is 234 cm³/mol. The average molecular weight is 1080 g/mol. The van der Waals surface area contributed by atoms with E-state index in [0.717, 1.165) is 32.6 Å². The molecular weight excluding hydrogens is 1020 g/mol. The normalized spacial score (nSPS) is 14.5. The number of nitrogens with zero attached hydrogens (tertiary/aromatic N) is 1. The molecule has 0 heterocycles. The number of alkyl halides is 18. The zero-order valence-corrected chi connectivity index (χ0v) is 40.9. The van der Waals surface area contributed by atoms with E-state index in [9.17, 15) is 65.9 Å². The SMILES string of the molecule is CCCCCCC[N+](CCCCCCC)(C(C)OCCC)C(C)(OCCC)c1c(OB(Oc2cc(C(F)(F)F)cc(C(F)(F)F)c2)Oc2cc(C(F)(F)F)cc(C(F)(F)F)c2)cc(C(F)(F)F)cc1C(F)(F)F. The lowest BCUT2D eigenvalue weighted by Crippen LogP contribution is -2.68. The Labute approximate surface area is 412 Å². The van der Waals surface area contributed by atoms with E-state index in [-0.39, 0.29) is 75.4 Å². The van der Waals surface area contributed by atoms with Crippen molar-refractivity contribution in [3.8, 4) is 17.2 Å². The minimum atomic E-state index is -5.81. The first kappa shape index (κ1) is 63.0. The maximum Gasteiger partial charge on any atom is 0.864 e. The van der Waals surface area contributed by atoms with Gasteiger partial charge in [0.05, 0.1) is 65.2 Å². The summed E-state index contributed by atoms with van der Waals surface area (Å²) in [7, 11) is -3.38. The highest BCUT2D eigenvalue weighted by Crippen LogP contribution is 2.52. The Kier molecular flexibility index (Phi) is 22.0. The van der Waals surface area contributed by atoms with Crippen LogP contribution in [-0.2, 0) is 52.3 Å². The third kappa shape index (κ3) is 17.4. The second-order valence-corrected chi connectivity index (χ2v) is 17.6. The first-order valence-electron chi connectivity index (χ1n) is 23.6. The smallest absolute Gasteiger partial charge is 0.490 e. The van der Waals surface area contributed by atoms with Crippen LogP contribution in [0.15, 0.2) is 48.5 Å². The van der Waals surface area contributed by atoms with Crippen LogP contribution in [0.25, 0.3) is 0 Å². The monoisotopic (exact) mass is 1080 g/mol. The fourth-order valence-corrected chi connectivity index (χ4v) is 8.36. The van der Waals surface area contributed by atoms with Gasteiger partial charge in [-0.3, -0.25) is 4.48 Å². The van der Waals surface area contributed by atoms with Gasteiger partial charge in [0.25, 0.3) is 0 Å². The van der Waals surface area contributed by atoms with Crippen molar-refractivity contribution in [1.29, 1.82) is 0 Å². The van der Waals surface area contributed by atoms with Crippen molar-refractivity contribution in [3.05, 3.63) is 87.5 Å². The van der Waals surface area contributed by atoms with Crippen LogP contribution in [0.1, 0.15) is 158 Å². The standard InChI is InChI=1S/C48H59BF18NO5/c1-7-11-13-15-17-19-68(31(5)69-21-9-3,20-18-16-14-12-8-2)42(6,70-22-10-4)41-39(48(65,66)67)29-36(47(62,63)64)30-40(41)73-49(71-37-25-32(43(50,51)52)23-33(26-37)44(53,54)55)72-38-27-34(45(56,57)58)24-35(28-38)46(59,60)61/h23-31H,7-22H2,1-6H3/q+1. The number of unbranched alkanes of at least 4 members (excludes halogenated alkanes) is 8. The van der Waals surface area contributed by atoms with E-state index in [0.29, 0.717) is 32.1 Å². The lowest BCUT2D eigenvalue weighted by molar-refractivity contribution is -1.04. The van der Waals surface area contributed by atoms with Crippen molar-refractivity contribution in [2.45, 2.75) is 168 Å². The molecule has 0 spiro atoms. The van der Waals surface area contributed by atoms with Crippen molar-refractivity contribution in [3.63, 3.8) is 0 Å². The lowest BCUT2D eigenvalue weighted by atomic mass is 9.88. The van der Waals surface area contributed by atoms with Gasteiger partial charge in [0.2, 0.25) is 5.72 Å². The Bertz CT molecular complexity index is 2030. The number of hydrogen-bond acceptors (Lipinski definition) is 5. The fourth-order valence-electron chi connectivity index (χ4n) is 8.36. The van der Waals surface area contributed by atoms with Crippen LogP contribution >= 0.6 is 0 Å². The molecule has 2 atom stereocenters. The van der Waals surface area contributed by atoms with Gasteiger partial charge in [0.1, 0.15) is 17.2 Å². The van der Waals surface area contributed by atoms with E-state index >= 15 is 13.2 Å². The summed E-state index contributed by atoms with van der Waals surface area (Å²) in [4.78, 5) is 0. The molecule has 0 amide bonds. The molecular formula is C48H59BF18NO5+. The van der Waals surface area contributed by atoms with Crippen LogP contribution in [0.5, 0.6) is 17.2 Å². The number of hydrogen-bond donors (Lipinski definition) is 0. The highest BCUT2D eigenvalue weighted by atomic mass is 19.4. The third-order valence-corrected chi connectivity index (χ3v) is 12.0. The van der Waals surface area contributed by atoms with E-state index in [4.69, 9.17) is 23.4 Å². The molecule has 0 N–H and O–H groups in total. The number of ether oxygens (including phenoxy) is 2. The Morgan fingerprint density at radius 1 is 0.438 bits per heavy atom. The van der Waals surface area contributed by atoms with Gasteiger partial charge in [-0.2, -0.15) is 79.0 Å². The second kappa shape index (κ2) is 25.5. The summed E-state index contributed by atoms with van der Waals surface area (Å²) in [5.41, 5.74) is -16.6. The van der Waals surface area contributed by atoms with Gasteiger partial charge in [-0.15, -0.1) is 0 Å². The Morgan fingerprint density at radius 3 is 1.15 bits per heavy atom. The summed E-state index contributed by atoms with van der Waals surface area (Å²) in [6.07, 6.45) is -29.0. The zero-order valence-electron chi connectivity index (χ0n) is 40.9. The Balaban J connectivity index is 2.69. The van der Waals surface area contributed by atoms with Crippen LogP contribution in [0.3, 0.4) is 0 Å². The minimum Gasteiger partial charge on any atom is -0.490 e. The summed E-state index contributed by atoms with van der Waals surface area (Å²) in [6.45, 7) is 9.11. The highest BCUT2D eigenvalue weighted by Gasteiger charge is 2.59. The molecule has 0 bridgehead atoms. The van der Waals surface area contributed by atoms with Crippen LogP contribution in [0.2, 0.25) is 0 Å². The van der Waals surface area contributed by atoms with Crippen molar-refractivity contribution >= 4 is 7.32 Å². The quantitative estimate of drug-likeness (QED) is 0.0250. The Hall–Kier alpha value is -4.26. The van der Waals surface area contributed by atoms with Gasteiger partial charge in [0, 0.05) is 13.8 Å². The molecule has 0 saturated carbocycles. The van der Waals surface area contributed by atoms with Crippen LogP contribution in [0.4, 0.5) is 79.0 Å². The molecule has 0 aromatic heterocycles. The molecule has 0 aliphatic carbocycles. The molecule has 0 aliphatic heterocycles. The maximum atomic E-state index is 15.9. The van der Waals surface area contributed by atoms with Gasteiger partial charge in [-0.1, -0.05) is 66.2 Å².